The Kier molecular flexibility index (Phi) is 7.18. The number of carbonyl (C=O) groups is 1. The Morgan fingerprint density at radius 1 is 1.15 bits per heavy atom. The standard InChI is InChI=1S/C25H32N4O.CH2O2/c1-17-4-9-21-22(28(17)2)10-11-23-25(21)27-24(29(23)19-12-14-26-15-13-19)16-18-5-7-20(30-3)8-6-18;2-1-3/h5-8,10-11,17,19,26H,4,9,12-16H2,1-3H3;1H,(H,2,3). The van der Waals surface area contributed by atoms with Crippen LogP contribution in [0.1, 0.15) is 49.2 Å². The van der Waals surface area contributed by atoms with E-state index in [1.165, 1.54) is 40.1 Å². The SMILES string of the molecule is COc1ccc(Cc2nc3c4c(ccc3n2C2CCNCC2)N(C)C(C)CC4)cc1.O=CO. The molecule has 33 heavy (non-hydrogen) atoms. The van der Waals surface area contributed by atoms with E-state index in [0.29, 0.717) is 12.1 Å². The summed E-state index contributed by atoms with van der Waals surface area (Å²) < 4.78 is 7.89. The molecular formula is C26H34N4O3. The third-order valence-corrected chi connectivity index (χ3v) is 7.06. The molecule has 7 heteroatoms. The van der Waals surface area contributed by atoms with Crippen molar-refractivity contribution in [3.05, 3.63) is 53.3 Å². The lowest BCUT2D eigenvalue weighted by molar-refractivity contribution is -0.122. The molecule has 1 aromatic heterocycles. The highest BCUT2D eigenvalue weighted by molar-refractivity contribution is 5.86. The largest absolute Gasteiger partial charge is 0.497 e. The molecule has 0 spiro atoms. The smallest absolute Gasteiger partial charge is 0.290 e. The lowest BCUT2D eigenvalue weighted by Gasteiger charge is -2.34. The van der Waals surface area contributed by atoms with Crippen LogP contribution >= 0.6 is 0 Å². The van der Waals surface area contributed by atoms with Crippen molar-refractivity contribution in [2.45, 2.75) is 51.1 Å². The zero-order valence-electron chi connectivity index (χ0n) is 19.8. The molecule has 0 bridgehead atoms. The number of rotatable bonds is 4. The fourth-order valence-corrected chi connectivity index (χ4v) is 5.14. The van der Waals surface area contributed by atoms with Crippen LogP contribution in [0.15, 0.2) is 36.4 Å². The number of nitrogens with zero attached hydrogens (tertiary/aromatic N) is 3. The summed E-state index contributed by atoms with van der Waals surface area (Å²) in [7, 11) is 3.93. The number of methoxy groups -OCH3 is 1. The van der Waals surface area contributed by atoms with E-state index in [2.05, 4.69) is 53.0 Å². The summed E-state index contributed by atoms with van der Waals surface area (Å²) in [6.45, 7) is 4.23. The second-order valence-corrected chi connectivity index (χ2v) is 8.94. The maximum absolute atomic E-state index is 8.36. The van der Waals surface area contributed by atoms with Crippen molar-refractivity contribution in [2.75, 3.05) is 32.1 Å². The van der Waals surface area contributed by atoms with Crippen LogP contribution in [0.4, 0.5) is 5.69 Å². The summed E-state index contributed by atoms with van der Waals surface area (Å²) in [5.74, 6) is 2.09. The molecule has 176 valence electrons. The molecule has 1 unspecified atom stereocenters. The number of carboxylic acid groups (broad SMARTS) is 1. The van der Waals surface area contributed by atoms with Gasteiger partial charge in [0.25, 0.3) is 6.47 Å². The predicted octanol–water partition coefficient (Wildman–Crippen LogP) is 4.03. The van der Waals surface area contributed by atoms with Crippen LogP contribution in [0.2, 0.25) is 0 Å². The van der Waals surface area contributed by atoms with Gasteiger partial charge in [-0.15, -0.1) is 0 Å². The van der Waals surface area contributed by atoms with Gasteiger partial charge in [-0.1, -0.05) is 12.1 Å². The number of ether oxygens (including phenoxy) is 1. The Labute approximate surface area is 195 Å². The van der Waals surface area contributed by atoms with Crippen molar-refractivity contribution in [2.24, 2.45) is 0 Å². The van der Waals surface area contributed by atoms with Gasteiger partial charge in [0, 0.05) is 36.8 Å². The van der Waals surface area contributed by atoms with E-state index in [1.807, 2.05) is 12.1 Å². The fourth-order valence-electron chi connectivity index (χ4n) is 5.14. The first-order valence-corrected chi connectivity index (χ1v) is 11.7. The van der Waals surface area contributed by atoms with Gasteiger partial charge in [-0.2, -0.15) is 0 Å². The van der Waals surface area contributed by atoms with Crippen molar-refractivity contribution in [1.82, 2.24) is 14.9 Å². The second kappa shape index (κ2) is 10.3. The predicted molar refractivity (Wildman–Crippen MR) is 132 cm³/mol. The van der Waals surface area contributed by atoms with E-state index in [-0.39, 0.29) is 6.47 Å². The van der Waals surface area contributed by atoms with Gasteiger partial charge in [0.1, 0.15) is 11.6 Å². The Bertz CT molecular complexity index is 1090. The number of hydrogen-bond donors (Lipinski definition) is 2. The van der Waals surface area contributed by atoms with E-state index in [9.17, 15) is 0 Å². The molecule has 0 aliphatic carbocycles. The Morgan fingerprint density at radius 3 is 2.52 bits per heavy atom. The highest BCUT2D eigenvalue weighted by Crippen LogP contribution is 2.37. The summed E-state index contributed by atoms with van der Waals surface area (Å²) in [4.78, 5) is 16.1. The van der Waals surface area contributed by atoms with Crippen molar-refractivity contribution in [1.29, 1.82) is 0 Å². The molecule has 1 fully saturated rings. The highest BCUT2D eigenvalue weighted by atomic mass is 16.5. The molecule has 7 nitrogen and oxygen atoms in total. The molecule has 2 aromatic carbocycles. The van der Waals surface area contributed by atoms with Crippen LogP contribution in [0.3, 0.4) is 0 Å². The second-order valence-electron chi connectivity index (χ2n) is 8.94. The van der Waals surface area contributed by atoms with Gasteiger partial charge in [-0.05, 0) is 75.5 Å². The minimum absolute atomic E-state index is 0.250. The molecule has 0 amide bonds. The van der Waals surface area contributed by atoms with Gasteiger partial charge >= 0.3 is 0 Å². The number of fused-ring (bicyclic) bond motifs is 3. The van der Waals surface area contributed by atoms with Crippen LogP contribution in [0.5, 0.6) is 5.75 Å². The number of imidazole rings is 1. The van der Waals surface area contributed by atoms with E-state index in [1.54, 1.807) is 7.11 Å². The molecule has 5 rings (SSSR count). The first kappa shape index (κ1) is 23.1. The fraction of sp³-hybridized carbons (Fsp3) is 0.462. The number of benzene rings is 2. The average Bonchev–Trinajstić information content (AvgIpc) is 3.21. The van der Waals surface area contributed by atoms with Gasteiger partial charge in [-0.3, -0.25) is 4.79 Å². The number of anilines is 1. The van der Waals surface area contributed by atoms with E-state index < -0.39 is 0 Å². The third kappa shape index (κ3) is 4.69. The topological polar surface area (TPSA) is 79.6 Å². The monoisotopic (exact) mass is 450 g/mol. The number of aromatic nitrogens is 2. The van der Waals surface area contributed by atoms with Crippen molar-refractivity contribution in [3.63, 3.8) is 0 Å². The maximum Gasteiger partial charge on any atom is 0.290 e. The van der Waals surface area contributed by atoms with Gasteiger partial charge < -0.3 is 24.6 Å². The minimum Gasteiger partial charge on any atom is -0.497 e. The van der Waals surface area contributed by atoms with Crippen LogP contribution < -0.4 is 15.0 Å². The number of hydrogen-bond acceptors (Lipinski definition) is 5. The highest BCUT2D eigenvalue weighted by Gasteiger charge is 2.27. The summed E-state index contributed by atoms with van der Waals surface area (Å²) >= 11 is 0. The van der Waals surface area contributed by atoms with Crippen LogP contribution in [0, 0.1) is 0 Å². The van der Waals surface area contributed by atoms with Crippen molar-refractivity contribution >= 4 is 23.2 Å². The van der Waals surface area contributed by atoms with Gasteiger partial charge in [0.2, 0.25) is 0 Å². The molecule has 2 N–H and O–H groups in total. The van der Waals surface area contributed by atoms with Gasteiger partial charge in [-0.25, -0.2) is 4.98 Å². The summed E-state index contributed by atoms with van der Waals surface area (Å²) in [6, 6.07) is 14.2. The van der Waals surface area contributed by atoms with Gasteiger partial charge in [0.15, 0.2) is 0 Å². The van der Waals surface area contributed by atoms with E-state index >= 15 is 0 Å². The summed E-state index contributed by atoms with van der Waals surface area (Å²) in [6.07, 6.45) is 5.48. The number of aryl methyl sites for hydroxylation is 1. The molecule has 1 atom stereocenters. The lowest BCUT2D eigenvalue weighted by atomic mass is 9.96. The summed E-state index contributed by atoms with van der Waals surface area (Å²) in [5, 5.41) is 10.4. The van der Waals surface area contributed by atoms with Crippen LogP contribution in [0.25, 0.3) is 11.0 Å². The van der Waals surface area contributed by atoms with Gasteiger partial charge in [0.05, 0.1) is 18.1 Å². The number of nitrogens with one attached hydrogen (secondary N) is 1. The zero-order chi connectivity index (χ0) is 23.4. The Hall–Kier alpha value is -3.06. The quantitative estimate of drug-likeness (QED) is 0.584. The Balaban J connectivity index is 0.000000821. The summed E-state index contributed by atoms with van der Waals surface area (Å²) in [5.41, 5.74) is 6.59. The molecule has 2 aliphatic rings. The molecule has 0 radical (unpaired) electrons. The lowest BCUT2D eigenvalue weighted by Crippen LogP contribution is -2.33. The van der Waals surface area contributed by atoms with E-state index in [4.69, 9.17) is 19.6 Å². The zero-order valence-corrected chi connectivity index (χ0v) is 19.8. The molecule has 3 aromatic rings. The Morgan fingerprint density at radius 2 is 1.85 bits per heavy atom. The van der Waals surface area contributed by atoms with Crippen LogP contribution in [-0.4, -0.2) is 54.4 Å². The first-order valence-electron chi connectivity index (χ1n) is 11.7. The molecular weight excluding hydrogens is 416 g/mol. The normalized spacial score (nSPS) is 18.4. The third-order valence-electron chi connectivity index (χ3n) is 7.06. The average molecular weight is 451 g/mol. The number of piperidine rings is 1. The molecule has 2 aliphatic heterocycles. The molecule has 3 heterocycles. The minimum atomic E-state index is -0.250. The van der Waals surface area contributed by atoms with E-state index in [0.717, 1.165) is 44.5 Å². The first-order chi connectivity index (χ1) is 16.1. The van der Waals surface area contributed by atoms with Crippen LogP contribution in [-0.2, 0) is 17.6 Å². The molecule has 0 saturated carbocycles. The maximum atomic E-state index is 8.36. The van der Waals surface area contributed by atoms with Crippen molar-refractivity contribution < 1.29 is 14.6 Å². The molecule has 1 saturated heterocycles. The van der Waals surface area contributed by atoms with Crippen molar-refractivity contribution in [3.8, 4) is 5.75 Å².